The van der Waals surface area contributed by atoms with E-state index in [1.54, 1.807) is 13.3 Å². The van der Waals surface area contributed by atoms with Gasteiger partial charge in [-0.05, 0) is 54.4 Å². The van der Waals surface area contributed by atoms with Gasteiger partial charge in [0.2, 0.25) is 0 Å². The van der Waals surface area contributed by atoms with Crippen molar-refractivity contribution in [3.05, 3.63) is 90.6 Å². The van der Waals surface area contributed by atoms with Crippen LogP contribution in [0.2, 0.25) is 0 Å². The summed E-state index contributed by atoms with van der Waals surface area (Å²) >= 11 is 0. The monoisotopic (exact) mass is 473 g/mol. The number of fused-ring (bicyclic) bond motifs is 1. The van der Waals surface area contributed by atoms with Crippen molar-refractivity contribution in [3.8, 4) is 11.5 Å². The quantitative estimate of drug-likeness (QED) is 0.248. The number of methoxy groups -OCH3 is 1. The van der Waals surface area contributed by atoms with Gasteiger partial charge in [-0.2, -0.15) is 0 Å². The molecule has 0 aliphatic heterocycles. The Morgan fingerprint density at radius 3 is 2.49 bits per heavy atom. The summed E-state index contributed by atoms with van der Waals surface area (Å²) in [7, 11) is 1.64. The summed E-state index contributed by atoms with van der Waals surface area (Å²) in [5.74, 6) is 1.49. The number of hydrogen-bond acceptors (Lipinski definition) is 7. The van der Waals surface area contributed by atoms with Crippen molar-refractivity contribution in [1.29, 1.82) is 0 Å². The summed E-state index contributed by atoms with van der Waals surface area (Å²) in [6.45, 7) is 0.488. The number of benzene rings is 3. The normalized spacial score (nSPS) is 12.8. The molecule has 0 radical (unpaired) electrons. The van der Waals surface area contributed by atoms with Crippen molar-refractivity contribution in [2.75, 3.05) is 32.2 Å². The van der Waals surface area contributed by atoms with Gasteiger partial charge in [0.05, 0.1) is 19.2 Å². The van der Waals surface area contributed by atoms with Gasteiger partial charge < -0.3 is 30.3 Å². The Hall–Kier alpha value is -3.65. The number of aromatic nitrogens is 1. The smallest absolute Gasteiger partial charge is 0.121 e. The number of aliphatic hydroxyl groups excluding tert-OH is 2. The second-order valence-corrected chi connectivity index (χ2v) is 8.33. The number of aliphatic hydroxyl groups is 2. The predicted molar refractivity (Wildman–Crippen MR) is 139 cm³/mol. The summed E-state index contributed by atoms with van der Waals surface area (Å²) in [6.07, 6.45) is 1.74. The first-order valence-corrected chi connectivity index (χ1v) is 11.6. The van der Waals surface area contributed by atoms with Gasteiger partial charge in [-0.15, -0.1) is 0 Å². The third kappa shape index (κ3) is 6.93. The highest BCUT2D eigenvalue weighted by molar-refractivity contribution is 5.93. The molecule has 0 amide bonds. The molecule has 1 aromatic heterocycles. The van der Waals surface area contributed by atoms with Gasteiger partial charge in [0.15, 0.2) is 0 Å². The van der Waals surface area contributed by atoms with Crippen LogP contribution in [0.15, 0.2) is 85.1 Å². The van der Waals surface area contributed by atoms with E-state index in [9.17, 15) is 10.2 Å². The first-order valence-electron chi connectivity index (χ1n) is 11.6. The molecule has 4 N–H and O–H groups in total. The fraction of sp³-hybridized carbons (Fsp3) is 0.250. The highest BCUT2D eigenvalue weighted by Crippen LogP contribution is 2.28. The zero-order valence-corrected chi connectivity index (χ0v) is 19.7. The minimum atomic E-state index is -0.675. The van der Waals surface area contributed by atoms with E-state index in [0.29, 0.717) is 13.0 Å². The van der Waals surface area contributed by atoms with Crippen LogP contribution in [0.25, 0.3) is 10.9 Å². The van der Waals surface area contributed by atoms with Crippen LogP contribution < -0.4 is 20.1 Å². The molecule has 0 aliphatic carbocycles. The third-order valence-electron chi connectivity index (χ3n) is 5.71. The number of nitrogens with one attached hydrogen (secondary N) is 2. The molecule has 0 unspecified atom stereocenters. The lowest BCUT2D eigenvalue weighted by molar-refractivity contribution is 0.0997. The zero-order valence-electron chi connectivity index (χ0n) is 19.7. The van der Waals surface area contributed by atoms with Gasteiger partial charge in [0.1, 0.15) is 24.2 Å². The fourth-order valence-electron chi connectivity index (χ4n) is 3.80. The SMILES string of the molecule is COc1ccc2c(Nc3ccc(C[C@@H](CO)NC[C@H](O)COc4ccccc4)cc3)ccnc2c1. The standard InChI is InChI=1S/C28H31N3O4/c1-34-25-11-12-26-27(13-14-29-28(26)16-25)31-21-9-7-20(8-10-21)15-22(18-32)30-17-23(33)19-35-24-5-3-2-4-6-24/h2-14,16,22-23,30,32-33H,15,17-19H2,1H3,(H,29,31)/t22-,23-/m0/s1. The molecule has 4 aromatic rings. The summed E-state index contributed by atoms with van der Waals surface area (Å²) in [6, 6.07) is 25.1. The van der Waals surface area contributed by atoms with Crippen LogP contribution in [-0.2, 0) is 6.42 Å². The Labute approximate surface area is 205 Å². The van der Waals surface area contributed by atoms with Crippen LogP contribution >= 0.6 is 0 Å². The minimum absolute atomic E-state index is 0.0290. The maximum atomic E-state index is 10.2. The van der Waals surface area contributed by atoms with E-state index in [2.05, 4.69) is 15.6 Å². The maximum Gasteiger partial charge on any atom is 0.121 e. The number of nitrogens with zero attached hydrogens (tertiary/aromatic N) is 1. The van der Waals surface area contributed by atoms with Crippen molar-refractivity contribution in [2.45, 2.75) is 18.6 Å². The third-order valence-corrected chi connectivity index (χ3v) is 5.71. The summed E-state index contributed by atoms with van der Waals surface area (Å²) < 4.78 is 10.9. The number of pyridine rings is 1. The number of hydrogen-bond donors (Lipinski definition) is 4. The molecule has 35 heavy (non-hydrogen) atoms. The van der Waals surface area contributed by atoms with E-state index >= 15 is 0 Å². The van der Waals surface area contributed by atoms with Gasteiger partial charge >= 0.3 is 0 Å². The fourth-order valence-corrected chi connectivity index (χ4v) is 3.80. The van der Waals surface area contributed by atoms with Crippen molar-refractivity contribution in [3.63, 3.8) is 0 Å². The molecule has 0 fully saturated rings. The predicted octanol–water partition coefficient (Wildman–Crippen LogP) is 3.92. The van der Waals surface area contributed by atoms with E-state index in [1.807, 2.05) is 78.9 Å². The number of rotatable bonds is 12. The van der Waals surface area contributed by atoms with Gasteiger partial charge in [-0.25, -0.2) is 0 Å². The molecule has 182 valence electrons. The van der Waals surface area contributed by atoms with Gasteiger partial charge in [-0.3, -0.25) is 4.98 Å². The van der Waals surface area contributed by atoms with E-state index < -0.39 is 6.10 Å². The van der Waals surface area contributed by atoms with Crippen molar-refractivity contribution in [2.24, 2.45) is 0 Å². The minimum Gasteiger partial charge on any atom is -0.497 e. The topological polar surface area (TPSA) is 95.9 Å². The van der Waals surface area contributed by atoms with Crippen LogP contribution in [0.3, 0.4) is 0 Å². The average Bonchev–Trinajstić information content (AvgIpc) is 2.91. The Morgan fingerprint density at radius 2 is 1.74 bits per heavy atom. The van der Waals surface area contributed by atoms with Crippen LogP contribution in [0.1, 0.15) is 5.56 Å². The number of ether oxygens (including phenoxy) is 2. The highest BCUT2D eigenvalue weighted by Gasteiger charge is 2.12. The number of anilines is 2. The summed E-state index contributed by atoms with van der Waals surface area (Å²) in [4.78, 5) is 4.43. The van der Waals surface area contributed by atoms with E-state index in [4.69, 9.17) is 9.47 Å². The highest BCUT2D eigenvalue weighted by atomic mass is 16.5. The van der Waals surface area contributed by atoms with Gasteiger partial charge in [-0.1, -0.05) is 30.3 Å². The Kier molecular flexibility index (Phi) is 8.51. The molecular formula is C28H31N3O4. The largest absolute Gasteiger partial charge is 0.497 e. The molecule has 0 saturated heterocycles. The first kappa shape index (κ1) is 24.5. The van der Waals surface area contributed by atoms with Crippen LogP contribution in [0.5, 0.6) is 11.5 Å². The van der Waals surface area contributed by atoms with E-state index in [0.717, 1.165) is 39.3 Å². The molecule has 2 atom stereocenters. The Bertz CT molecular complexity index is 1200. The van der Waals surface area contributed by atoms with Gasteiger partial charge in [0.25, 0.3) is 0 Å². The lowest BCUT2D eigenvalue weighted by atomic mass is 10.1. The van der Waals surface area contributed by atoms with Crippen molar-refractivity contribution < 1.29 is 19.7 Å². The molecule has 1 heterocycles. The average molecular weight is 474 g/mol. The molecule has 4 rings (SSSR count). The van der Waals surface area contributed by atoms with E-state index in [-0.39, 0.29) is 19.3 Å². The lowest BCUT2D eigenvalue weighted by Crippen LogP contribution is -2.41. The Morgan fingerprint density at radius 1 is 0.943 bits per heavy atom. The van der Waals surface area contributed by atoms with Crippen LogP contribution in [0, 0.1) is 0 Å². The summed E-state index contributed by atoms with van der Waals surface area (Å²) in [5.41, 5.74) is 3.87. The molecule has 7 nitrogen and oxygen atoms in total. The summed E-state index contributed by atoms with van der Waals surface area (Å²) in [5, 5.41) is 27.7. The Balaban J connectivity index is 1.30. The second kappa shape index (κ2) is 12.2. The van der Waals surface area contributed by atoms with Gasteiger partial charge in [0, 0.05) is 41.6 Å². The van der Waals surface area contributed by atoms with Crippen LogP contribution in [0.4, 0.5) is 11.4 Å². The molecule has 0 spiro atoms. The number of para-hydroxylation sites is 1. The van der Waals surface area contributed by atoms with Crippen molar-refractivity contribution in [1.82, 2.24) is 10.3 Å². The van der Waals surface area contributed by atoms with Crippen molar-refractivity contribution >= 4 is 22.3 Å². The van der Waals surface area contributed by atoms with Crippen LogP contribution in [-0.4, -0.2) is 54.2 Å². The first-order chi connectivity index (χ1) is 17.1. The molecule has 0 aliphatic rings. The molecular weight excluding hydrogens is 442 g/mol. The molecule has 0 bridgehead atoms. The molecule has 3 aromatic carbocycles. The van der Waals surface area contributed by atoms with E-state index in [1.165, 1.54) is 0 Å². The second-order valence-electron chi connectivity index (χ2n) is 8.33. The zero-order chi connectivity index (χ0) is 24.5. The lowest BCUT2D eigenvalue weighted by Gasteiger charge is -2.19. The molecule has 7 heteroatoms. The maximum absolute atomic E-state index is 10.2. The molecule has 0 saturated carbocycles.